The van der Waals surface area contributed by atoms with Gasteiger partial charge in [-0.25, -0.2) is 0 Å². The SMILES string of the molecule is CC(NCC1COCCO1)c1ccccc1Br. The van der Waals surface area contributed by atoms with Gasteiger partial charge in [0.2, 0.25) is 0 Å². The smallest absolute Gasteiger partial charge is 0.0933 e. The standard InChI is InChI=1S/C13H18BrNO2/c1-10(12-4-2-3-5-13(12)14)15-8-11-9-16-6-7-17-11/h2-5,10-11,15H,6-9H2,1H3. The summed E-state index contributed by atoms with van der Waals surface area (Å²) in [6.45, 7) is 5.09. The van der Waals surface area contributed by atoms with Crippen LogP contribution >= 0.6 is 15.9 Å². The van der Waals surface area contributed by atoms with Gasteiger partial charge in [-0.1, -0.05) is 34.1 Å². The minimum absolute atomic E-state index is 0.175. The molecule has 0 bridgehead atoms. The largest absolute Gasteiger partial charge is 0.376 e. The molecule has 3 nitrogen and oxygen atoms in total. The van der Waals surface area contributed by atoms with E-state index in [0.717, 1.165) is 17.6 Å². The predicted molar refractivity (Wildman–Crippen MR) is 71.1 cm³/mol. The Morgan fingerprint density at radius 3 is 2.94 bits per heavy atom. The van der Waals surface area contributed by atoms with Crippen molar-refractivity contribution in [3.8, 4) is 0 Å². The van der Waals surface area contributed by atoms with Crippen LogP contribution in [0, 0.1) is 0 Å². The van der Waals surface area contributed by atoms with Gasteiger partial charge in [-0.15, -0.1) is 0 Å². The van der Waals surface area contributed by atoms with Crippen LogP contribution in [0.25, 0.3) is 0 Å². The fraction of sp³-hybridized carbons (Fsp3) is 0.538. The number of hydrogen-bond acceptors (Lipinski definition) is 3. The Hall–Kier alpha value is -0.420. The van der Waals surface area contributed by atoms with E-state index >= 15 is 0 Å². The van der Waals surface area contributed by atoms with Crippen LogP contribution in [0.15, 0.2) is 28.7 Å². The lowest BCUT2D eigenvalue weighted by Gasteiger charge is -2.25. The van der Waals surface area contributed by atoms with Gasteiger partial charge in [0.05, 0.1) is 25.9 Å². The van der Waals surface area contributed by atoms with Crippen molar-refractivity contribution in [2.75, 3.05) is 26.4 Å². The highest BCUT2D eigenvalue weighted by Gasteiger charge is 2.16. The maximum Gasteiger partial charge on any atom is 0.0933 e. The zero-order valence-electron chi connectivity index (χ0n) is 9.99. The van der Waals surface area contributed by atoms with E-state index in [4.69, 9.17) is 9.47 Å². The first-order chi connectivity index (χ1) is 8.27. The Bertz CT molecular complexity index is 353. The fourth-order valence-corrected chi connectivity index (χ4v) is 2.53. The topological polar surface area (TPSA) is 30.5 Å². The lowest BCUT2D eigenvalue weighted by atomic mass is 10.1. The van der Waals surface area contributed by atoms with Gasteiger partial charge in [0.25, 0.3) is 0 Å². The molecular formula is C13H18BrNO2. The zero-order valence-corrected chi connectivity index (χ0v) is 11.6. The van der Waals surface area contributed by atoms with E-state index in [-0.39, 0.29) is 6.10 Å². The quantitative estimate of drug-likeness (QED) is 0.927. The van der Waals surface area contributed by atoms with Crippen LogP contribution in [-0.2, 0) is 9.47 Å². The molecule has 1 saturated heterocycles. The normalized spacial score (nSPS) is 22.4. The Labute approximate surface area is 111 Å². The van der Waals surface area contributed by atoms with Gasteiger partial charge >= 0.3 is 0 Å². The highest BCUT2D eigenvalue weighted by molar-refractivity contribution is 9.10. The average molecular weight is 300 g/mol. The summed E-state index contributed by atoms with van der Waals surface area (Å²) in [5, 5.41) is 3.47. The fourth-order valence-electron chi connectivity index (χ4n) is 1.90. The molecule has 1 aliphatic rings. The molecule has 1 N–H and O–H groups in total. The van der Waals surface area contributed by atoms with E-state index in [1.165, 1.54) is 5.56 Å². The third-order valence-corrected chi connectivity index (χ3v) is 3.63. The lowest BCUT2D eigenvalue weighted by molar-refractivity contribution is -0.0869. The molecule has 2 atom stereocenters. The number of hydrogen-bond donors (Lipinski definition) is 1. The van der Waals surface area contributed by atoms with Crippen molar-refractivity contribution in [1.82, 2.24) is 5.32 Å². The van der Waals surface area contributed by atoms with Gasteiger partial charge in [0, 0.05) is 17.1 Å². The Kier molecular flexibility index (Phi) is 4.98. The third-order valence-electron chi connectivity index (χ3n) is 2.91. The molecule has 0 spiro atoms. The van der Waals surface area contributed by atoms with E-state index in [0.29, 0.717) is 19.3 Å². The first kappa shape index (κ1) is 13.0. The molecule has 94 valence electrons. The minimum Gasteiger partial charge on any atom is -0.376 e. The summed E-state index contributed by atoms with van der Waals surface area (Å²) in [7, 11) is 0. The summed E-state index contributed by atoms with van der Waals surface area (Å²) in [5.41, 5.74) is 1.27. The summed E-state index contributed by atoms with van der Waals surface area (Å²) in [5.74, 6) is 0. The molecule has 0 aromatic heterocycles. The van der Waals surface area contributed by atoms with E-state index in [9.17, 15) is 0 Å². The Balaban J connectivity index is 1.84. The first-order valence-corrected chi connectivity index (χ1v) is 6.74. The highest BCUT2D eigenvalue weighted by Crippen LogP contribution is 2.22. The van der Waals surface area contributed by atoms with E-state index in [2.05, 4.69) is 46.4 Å². The van der Waals surface area contributed by atoms with Gasteiger partial charge in [0.15, 0.2) is 0 Å². The summed E-state index contributed by atoms with van der Waals surface area (Å²) in [4.78, 5) is 0. The monoisotopic (exact) mass is 299 g/mol. The van der Waals surface area contributed by atoms with Gasteiger partial charge in [-0.3, -0.25) is 0 Å². The molecule has 1 aliphatic heterocycles. The van der Waals surface area contributed by atoms with Gasteiger partial charge < -0.3 is 14.8 Å². The van der Waals surface area contributed by atoms with Crippen LogP contribution in [0.2, 0.25) is 0 Å². The van der Waals surface area contributed by atoms with Crippen molar-refractivity contribution >= 4 is 15.9 Å². The van der Waals surface area contributed by atoms with Gasteiger partial charge in [-0.2, -0.15) is 0 Å². The summed E-state index contributed by atoms with van der Waals surface area (Å²) in [6, 6.07) is 8.57. The summed E-state index contributed by atoms with van der Waals surface area (Å²) >= 11 is 3.57. The summed E-state index contributed by atoms with van der Waals surface area (Å²) < 4.78 is 12.1. The molecule has 2 rings (SSSR count). The lowest BCUT2D eigenvalue weighted by Crippen LogP contribution is -2.38. The zero-order chi connectivity index (χ0) is 12.1. The second-order valence-electron chi connectivity index (χ2n) is 4.22. The number of benzene rings is 1. The molecule has 2 unspecified atom stereocenters. The highest BCUT2D eigenvalue weighted by atomic mass is 79.9. The molecule has 0 aliphatic carbocycles. The van der Waals surface area contributed by atoms with Crippen LogP contribution < -0.4 is 5.32 Å². The van der Waals surface area contributed by atoms with Crippen molar-refractivity contribution in [2.24, 2.45) is 0 Å². The second-order valence-corrected chi connectivity index (χ2v) is 5.07. The Morgan fingerprint density at radius 1 is 1.41 bits per heavy atom. The van der Waals surface area contributed by atoms with Crippen molar-refractivity contribution in [2.45, 2.75) is 19.1 Å². The predicted octanol–water partition coefficient (Wildman–Crippen LogP) is 2.52. The van der Waals surface area contributed by atoms with Crippen molar-refractivity contribution < 1.29 is 9.47 Å². The molecule has 1 heterocycles. The van der Waals surface area contributed by atoms with Crippen LogP contribution in [0.1, 0.15) is 18.5 Å². The molecule has 1 aromatic carbocycles. The molecule has 0 radical (unpaired) electrons. The van der Waals surface area contributed by atoms with Crippen LogP contribution in [0.5, 0.6) is 0 Å². The number of nitrogens with one attached hydrogen (secondary N) is 1. The molecule has 4 heteroatoms. The van der Waals surface area contributed by atoms with Crippen molar-refractivity contribution in [3.05, 3.63) is 34.3 Å². The maximum atomic E-state index is 5.60. The minimum atomic E-state index is 0.175. The van der Waals surface area contributed by atoms with Crippen molar-refractivity contribution in [3.63, 3.8) is 0 Å². The Morgan fingerprint density at radius 2 is 2.24 bits per heavy atom. The molecule has 0 saturated carbocycles. The van der Waals surface area contributed by atoms with E-state index < -0.39 is 0 Å². The molecule has 1 aromatic rings. The van der Waals surface area contributed by atoms with E-state index in [1.54, 1.807) is 0 Å². The first-order valence-electron chi connectivity index (χ1n) is 5.94. The van der Waals surface area contributed by atoms with E-state index in [1.807, 2.05) is 6.07 Å². The van der Waals surface area contributed by atoms with Crippen LogP contribution in [0.3, 0.4) is 0 Å². The van der Waals surface area contributed by atoms with Gasteiger partial charge in [-0.05, 0) is 18.6 Å². The number of rotatable bonds is 4. The number of ether oxygens (including phenoxy) is 2. The van der Waals surface area contributed by atoms with Gasteiger partial charge in [0.1, 0.15) is 0 Å². The maximum absolute atomic E-state index is 5.60. The number of halogens is 1. The van der Waals surface area contributed by atoms with Crippen LogP contribution in [-0.4, -0.2) is 32.5 Å². The average Bonchev–Trinajstić information content (AvgIpc) is 2.38. The molecular weight excluding hydrogens is 282 g/mol. The molecule has 17 heavy (non-hydrogen) atoms. The third kappa shape index (κ3) is 3.78. The molecule has 0 amide bonds. The molecule has 1 fully saturated rings. The summed E-state index contributed by atoms with van der Waals surface area (Å²) in [6.07, 6.45) is 0.175. The second kappa shape index (κ2) is 6.50. The van der Waals surface area contributed by atoms with Crippen LogP contribution in [0.4, 0.5) is 0 Å². The van der Waals surface area contributed by atoms with Crippen molar-refractivity contribution in [1.29, 1.82) is 0 Å².